The number of aliphatic hydroxyl groups excluding tert-OH is 1. The van der Waals surface area contributed by atoms with E-state index < -0.39 is 14.6 Å². The van der Waals surface area contributed by atoms with Gasteiger partial charge >= 0.3 is 0 Å². The minimum Gasteiger partial charge on any atom is -0.543 e. The lowest BCUT2D eigenvalue weighted by Gasteiger charge is -2.37. The summed E-state index contributed by atoms with van der Waals surface area (Å²) in [6, 6.07) is 2.97. The summed E-state index contributed by atoms with van der Waals surface area (Å²) in [5.41, 5.74) is 0.855. The summed E-state index contributed by atoms with van der Waals surface area (Å²) in [5.74, 6) is 0.196. The molecule has 106 valence electrons. The van der Waals surface area contributed by atoms with E-state index in [-0.39, 0.29) is 17.5 Å². The third-order valence-corrected chi connectivity index (χ3v) is 8.41. The van der Waals surface area contributed by atoms with Gasteiger partial charge in [0.15, 0.2) is 6.29 Å². The highest BCUT2D eigenvalue weighted by Gasteiger charge is 2.40. The van der Waals surface area contributed by atoms with E-state index in [1.54, 1.807) is 6.07 Å². The predicted octanol–water partition coefficient (Wildman–Crippen LogP) is 3.73. The van der Waals surface area contributed by atoms with Crippen molar-refractivity contribution in [1.29, 1.82) is 0 Å². The first-order chi connectivity index (χ1) is 8.63. The zero-order valence-corrected chi connectivity index (χ0v) is 13.1. The maximum absolute atomic E-state index is 13.7. The van der Waals surface area contributed by atoms with Crippen LogP contribution in [0, 0.1) is 5.82 Å². The Labute approximate surface area is 114 Å². The third kappa shape index (κ3) is 2.55. The van der Waals surface area contributed by atoms with E-state index in [0.29, 0.717) is 16.9 Å². The molecule has 1 heterocycles. The number of fused-ring (bicyclic) bond motifs is 1. The van der Waals surface area contributed by atoms with Gasteiger partial charge in [0.25, 0.3) is 0 Å². The predicted molar refractivity (Wildman–Crippen MR) is 74.0 cm³/mol. The zero-order chi connectivity index (χ0) is 14.4. The fraction of sp³-hybridized carbons (Fsp3) is 0.571. The number of rotatable bonds is 2. The van der Waals surface area contributed by atoms with Gasteiger partial charge in [-0.25, -0.2) is 4.39 Å². The molecule has 0 fully saturated rings. The van der Waals surface area contributed by atoms with Crippen molar-refractivity contribution in [1.82, 2.24) is 0 Å². The largest absolute Gasteiger partial charge is 0.543 e. The molecule has 1 aliphatic rings. The minimum atomic E-state index is -2.02. The van der Waals surface area contributed by atoms with E-state index in [1.165, 1.54) is 6.07 Å². The summed E-state index contributed by atoms with van der Waals surface area (Å²) in [5, 5.41) is 9.87. The molecule has 1 aliphatic heterocycles. The van der Waals surface area contributed by atoms with Gasteiger partial charge in [-0.1, -0.05) is 20.8 Å². The van der Waals surface area contributed by atoms with E-state index in [0.717, 1.165) is 0 Å². The first kappa shape index (κ1) is 14.5. The zero-order valence-electron chi connectivity index (χ0n) is 12.1. The second-order valence-electron chi connectivity index (χ2n) is 6.46. The van der Waals surface area contributed by atoms with Crippen LogP contribution in [-0.2, 0) is 11.3 Å². The van der Waals surface area contributed by atoms with E-state index in [1.807, 2.05) is 0 Å². The topological polar surface area (TPSA) is 38.7 Å². The lowest BCUT2D eigenvalue weighted by atomic mass is 10.1. The molecule has 0 spiro atoms. The molecular formula is C14H21FO3Si. The van der Waals surface area contributed by atoms with Crippen molar-refractivity contribution in [2.75, 3.05) is 0 Å². The van der Waals surface area contributed by atoms with Crippen molar-refractivity contribution in [2.45, 2.75) is 51.8 Å². The number of hydrogen-bond acceptors (Lipinski definition) is 3. The number of aliphatic hydroxyl groups is 1. The highest BCUT2D eigenvalue weighted by molar-refractivity contribution is 6.74. The first-order valence-electron chi connectivity index (χ1n) is 6.43. The van der Waals surface area contributed by atoms with E-state index in [4.69, 9.17) is 9.16 Å². The maximum Gasteiger partial charge on any atom is 0.250 e. The third-order valence-electron chi connectivity index (χ3n) is 4.06. The molecule has 0 amide bonds. The van der Waals surface area contributed by atoms with Crippen molar-refractivity contribution >= 4 is 8.32 Å². The van der Waals surface area contributed by atoms with Crippen LogP contribution >= 0.6 is 0 Å². The van der Waals surface area contributed by atoms with Gasteiger partial charge in [-0.3, -0.25) is 0 Å². The molecule has 0 aliphatic carbocycles. The molecule has 1 aromatic rings. The minimum absolute atomic E-state index is 0.0404. The molecular weight excluding hydrogens is 263 g/mol. The Morgan fingerprint density at radius 2 is 2.00 bits per heavy atom. The molecule has 0 bridgehead atoms. The van der Waals surface area contributed by atoms with Crippen LogP contribution in [0.1, 0.15) is 38.2 Å². The van der Waals surface area contributed by atoms with E-state index in [9.17, 15) is 9.50 Å². The molecule has 0 saturated carbocycles. The molecule has 1 N–H and O–H groups in total. The second-order valence-corrected chi connectivity index (χ2v) is 11.2. The van der Waals surface area contributed by atoms with Crippen LogP contribution in [0.2, 0.25) is 18.1 Å². The van der Waals surface area contributed by atoms with Crippen LogP contribution in [0.4, 0.5) is 4.39 Å². The number of ether oxygens (including phenoxy) is 1. The van der Waals surface area contributed by atoms with Crippen LogP contribution in [0.5, 0.6) is 5.75 Å². The normalized spacial score (nSPS) is 19.4. The van der Waals surface area contributed by atoms with Gasteiger partial charge in [-0.2, -0.15) is 0 Å². The van der Waals surface area contributed by atoms with Crippen molar-refractivity contribution in [3.63, 3.8) is 0 Å². The van der Waals surface area contributed by atoms with Gasteiger partial charge in [0.1, 0.15) is 11.6 Å². The quantitative estimate of drug-likeness (QED) is 0.841. The van der Waals surface area contributed by atoms with Gasteiger partial charge in [0.2, 0.25) is 8.32 Å². The molecule has 0 saturated heterocycles. The van der Waals surface area contributed by atoms with E-state index >= 15 is 0 Å². The summed E-state index contributed by atoms with van der Waals surface area (Å²) in [4.78, 5) is 0. The number of benzene rings is 1. The molecule has 0 radical (unpaired) electrons. The van der Waals surface area contributed by atoms with Crippen molar-refractivity contribution in [3.8, 4) is 5.75 Å². The molecule has 19 heavy (non-hydrogen) atoms. The first-order valence-corrected chi connectivity index (χ1v) is 9.34. The Morgan fingerprint density at radius 3 is 2.58 bits per heavy atom. The van der Waals surface area contributed by atoms with Crippen LogP contribution in [0.25, 0.3) is 0 Å². The van der Waals surface area contributed by atoms with Gasteiger partial charge in [-0.05, 0) is 30.3 Å². The summed E-state index contributed by atoms with van der Waals surface area (Å²) >= 11 is 0. The Morgan fingerprint density at radius 1 is 1.37 bits per heavy atom. The van der Waals surface area contributed by atoms with Gasteiger partial charge in [0, 0.05) is 5.56 Å². The fourth-order valence-electron chi connectivity index (χ4n) is 1.80. The highest BCUT2D eigenvalue weighted by Crippen LogP contribution is 2.42. The van der Waals surface area contributed by atoms with Crippen molar-refractivity contribution in [3.05, 3.63) is 29.1 Å². The molecule has 2 rings (SSSR count). The number of halogens is 1. The summed E-state index contributed by atoms with van der Waals surface area (Å²) in [6.45, 7) is 10.7. The summed E-state index contributed by atoms with van der Waals surface area (Å²) < 4.78 is 24.9. The molecule has 1 aromatic carbocycles. The van der Waals surface area contributed by atoms with Crippen LogP contribution in [0.3, 0.4) is 0 Å². The average molecular weight is 284 g/mol. The second kappa shape index (κ2) is 4.58. The molecule has 5 heteroatoms. The van der Waals surface area contributed by atoms with Crippen LogP contribution in [0.15, 0.2) is 12.1 Å². The lowest BCUT2D eigenvalue weighted by molar-refractivity contribution is -0.0925. The summed E-state index contributed by atoms with van der Waals surface area (Å²) in [7, 11) is -2.02. The van der Waals surface area contributed by atoms with Gasteiger partial charge < -0.3 is 14.3 Å². The summed E-state index contributed by atoms with van der Waals surface area (Å²) in [6.07, 6.45) is -1.09. The smallest absolute Gasteiger partial charge is 0.250 e. The fourth-order valence-corrected chi connectivity index (χ4v) is 2.83. The average Bonchev–Trinajstić information content (AvgIpc) is 2.64. The Hall–Kier alpha value is -0.913. The van der Waals surface area contributed by atoms with Crippen LogP contribution < -0.4 is 4.43 Å². The molecule has 0 aromatic heterocycles. The SMILES string of the molecule is CC(C)(C)[Si](C)(C)Oc1ccc(F)c2c1C(O)OC2. The standard InChI is InChI=1S/C14H21FO3Si/c1-14(2,3)19(4,5)18-11-7-6-10(15)9-8-17-13(16)12(9)11/h6-7,13,16H,8H2,1-5H3. The van der Waals surface area contributed by atoms with Crippen LogP contribution in [-0.4, -0.2) is 13.4 Å². The monoisotopic (exact) mass is 284 g/mol. The lowest BCUT2D eigenvalue weighted by Crippen LogP contribution is -2.44. The van der Waals surface area contributed by atoms with Crippen molar-refractivity contribution in [2.24, 2.45) is 0 Å². The Bertz CT molecular complexity index is 494. The van der Waals surface area contributed by atoms with E-state index in [2.05, 4.69) is 33.9 Å². The maximum atomic E-state index is 13.7. The number of hydrogen-bond donors (Lipinski definition) is 1. The van der Waals surface area contributed by atoms with Gasteiger partial charge in [-0.15, -0.1) is 0 Å². The Balaban J connectivity index is 2.41. The molecule has 1 atom stereocenters. The Kier molecular flexibility index (Phi) is 3.49. The van der Waals surface area contributed by atoms with Gasteiger partial charge in [0.05, 0.1) is 12.2 Å². The molecule has 3 nitrogen and oxygen atoms in total. The molecule has 1 unspecified atom stereocenters. The van der Waals surface area contributed by atoms with Crippen molar-refractivity contribution < 1.29 is 18.7 Å². The highest BCUT2D eigenvalue weighted by atomic mass is 28.4.